The molecule has 1 unspecified atom stereocenters. The molecule has 28 heavy (non-hydrogen) atoms. The van der Waals surface area contributed by atoms with Gasteiger partial charge >= 0.3 is 5.97 Å². The molecule has 0 radical (unpaired) electrons. The molecule has 1 aliphatic carbocycles. The fraction of sp³-hybridized carbons (Fsp3) is 0.300. The summed E-state index contributed by atoms with van der Waals surface area (Å²) in [6, 6.07) is 8.68. The minimum absolute atomic E-state index is 0.0997. The lowest BCUT2D eigenvalue weighted by atomic mass is 10.1. The SMILES string of the molecule is O=C(O)c1cnn(CC2C[C@@H](O)[C@H](NC(=O)c3ccc4ncccc4c3)C2)c1. The monoisotopic (exact) mass is 380 g/mol. The van der Waals surface area contributed by atoms with Crippen molar-refractivity contribution in [3.05, 3.63) is 60.0 Å². The molecule has 2 aromatic heterocycles. The van der Waals surface area contributed by atoms with E-state index in [1.807, 2.05) is 12.1 Å². The number of aromatic nitrogens is 3. The second-order valence-electron chi connectivity index (χ2n) is 7.15. The molecule has 0 bridgehead atoms. The van der Waals surface area contributed by atoms with Crippen LogP contribution < -0.4 is 5.32 Å². The number of fused-ring (bicyclic) bond motifs is 1. The summed E-state index contributed by atoms with van der Waals surface area (Å²) in [6.45, 7) is 0.498. The van der Waals surface area contributed by atoms with Gasteiger partial charge in [-0.2, -0.15) is 5.10 Å². The van der Waals surface area contributed by atoms with Gasteiger partial charge in [-0.3, -0.25) is 14.5 Å². The summed E-state index contributed by atoms with van der Waals surface area (Å²) in [6.07, 6.45) is 4.96. The number of aliphatic hydroxyl groups excluding tert-OH is 1. The molecule has 0 aliphatic heterocycles. The van der Waals surface area contributed by atoms with Crippen LogP contribution in [0.1, 0.15) is 33.6 Å². The van der Waals surface area contributed by atoms with E-state index in [2.05, 4.69) is 15.4 Å². The van der Waals surface area contributed by atoms with Crippen LogP contribution in [0.25, 0.3) is 10.9 Å². The maximum absolute atomic E-state index is 12.6. The number of amides is 1. The predicted molar refractivity (Wildman–Crippen MR) is 101 cm³/mol. The Morgan fingerprint density at radius 3 is 2.86 bits per heavy atom. The van der Waals surface area contributed by atoms with Crippen molar-refractivity contribution in [2.24, 2.45) is 5.92 Å². The largest absolute Gasteiger partial charge is 0.478 e. The minimum atomic E-state index is -1.02. The quantitative estimate of drug-likeness (QED) is 0.620. The number of carboxylic acid groups (broad SMARTS) is 1. The second-order valence-corrected chi connectivity index (χ2v) is 7.15. The number of aliphatic hydroxyl groups is 1. The Morgan fingerprint density at radius 1 is 1.21 bits per heavy atom. The smallest absolute Gasteiger partial charge is 0.338 e. The van der Waals surface area contributed by atoms with Crippen LogP contribution in [-0.2, 0) is 6.54 Å². The summed E-state index contributed by atoms with van der Waals surface area (Å²) in [4.78, 5) is 27.8. The molecule has 1 fully saturated rings. The van der Waals surface area contributed by atoms with Gasteiger partial charge in [0.05, 0.1) is 29.4 Å². The van der Waals surface area contributed by atoms with E-state index in [9.17, 15) is 14.7 Å². The van der Waals surface area contributed by atoms with Gasteiger partial charge in [0, 0.05) is 29.9 Å². The Bertz CT molecular complexity index is 1030. The average Bonchev–Trinajstić information content (AvgIpc) is 3.28. The average molecular weight is 380 g/mol. The van der Waals surface area contributed by atoms with Gasteiger partial charge in [-0.1, -0.05) is 6.07 Å². The van der Waals surface area contributed by atoms with Crippen LogP contribution in [0.3, 0.4) is 0 Å². The van der Waals surface area contributed by atoms with Crippen molar-refractivity contribution >= 4 is 22.8 Å². The van der Waals surface area contributed by atoms with Crippen molar-refractivity contribution in [2.75, 3.05) is 0 Å². The number of carbonyl (C=O) groups excluding carboxylic acids is 1. The molecule has 8 heteroatoms. The van der Waals surface area contributed by atoms with Gasteiger partial charge in [-0.25, -0.2) is 4.79 Å². The third-order valence-corrected chi connectivity index (χ3v) is 5.13. The molecule has 4 rings (SSSR count). The molecule has 3 atom stereocenters. The highest BCUT2D eigenvalue weighted by Crippen LogP contribution is 2.28. The third kappa shape index (κ3) is 3.72. The van der Waals surface area contributed by atoms with Gasteiger partial charge in [0.15, 0.2) is 0 Å². The zero-order chi connectivity index (χ0) is 19.7. The molecular weight excluding hydrogens is 360 g/mol. The molecule has 2 heterocycles. The first kappa shape index (κ1) is 18.1. The molecule has 1 saturated carbocycles. The van der Waals surface area contributed by atoms with E-state index in [4.69, 9.17) is 5.11 Å². The molecule has 1 aliphatic rings. The van der Waals surface area contributed by atoms with Gasteiger partial charge in [-0.05, 0) is 43.0 Å². The first-order valence-corrected chi connectivity index (χ1v) is 9.09. The number of hydrogen-bond donors (Lipinski definition) is 3. The Labute approximate surface area is 160 Å². The zero-order valence-electron chi connectivity index (χ0n) is 15.0. The van der Waals surface area contributed by atoms with Crippen LogP contribution in [0.5, 0.6) is 0 Å². The van der Waals surface area contributed by atoms with Crippen molar-refractivity contribution in [1.82, 2.24) is 20.1 Å². The number of aromatic carboxylic acids is 1. The Morgan fingerprint density at radius 2 is 2.07 bits per heavy atom. The molecule has 144 valence electrons. The molecule has 8 nitrogen and oxygen atoms in total. The van der Waals surface area contributed by atoms with E-state index in [-0.39, 0.29) is 23.4 Å². The van der Waals surface area contributed by atoms with Crippen LogP contribution >= 0.6 is 0 Å². The fourth-order valence-corrected chi connectivity index (χ4v) is 3.73. The summed E-state index contributed by atoms with van der Waals surface area (Å²) in [5.41, 5.74) is 1.48. The van der Waals surface area contributed by atoms with Gasteiger partial charge in [0.1, 0.15) is 0 Å². The van der Waals surface area contributed by atoms with E-state index < -0.39 is 12.1 Å². The number of carbonyl (C=O) groups is 2. The normalized spacial score (nSPS) is 21.7. The first-order chi connectivity index (χ1) is 13.5. The van der Waals surface area contributed by atoms with Crippen molar-refractivity contribution in [1.29, 1.82) is 0 Å². The van der Waals surface area contributed by atoms with Gasteiger partial charge in [0.2, 0.25) is 0 Å². The Kier molecular flexibility index (Phi) is 4.79. The number of nitrogens with one attached hydrogen (secondary N) is 1. The van der Waals surface area contributed by atoms with Crippen LogP contribution in [0.15, 0.2) is 48.9 Å². The first-order valence-electron chi connectivity index (χ1n) is 9.09. The van der Waals surface area contributed by atoms with Crippen LogP contribution in [-0.4, -0.2) is 49.0 Å². The summed E-state index contributed by atoms with van der Waals surface area (Å²) >= 11 is 0. The summed E-state index contributed by atoms with van der Waals surface area (Å²) in [7, 11) is 0. The number of carboxylic acids is 1. The summed E-state index contributed by atoms with van der Waals surface area (Å²) < 4.78 is 1.57. The molecule has 1 amide bonds. The van der Waals surface area contributed by atoms with E-state index in [1.54, 1.807) is 29.1 Å². The van der Waals surface area contributed by atoms with Crippen molar-refractivity contribution in [2.45, 2.75) is 31.5 Å². The Hall–Kier alpha value is -3.26. The highest BCUT2D eigenvalue weighted by Gasteiger charge is 2.34. The minimum Gasteiger partial charge on any atom is -0.478 e. The van der Waals surface area contributed by atoms with Crippen LogP contribution in [0.4, 0.5) is 0 Å². The van der Waals surface area contributed by atoms with E-state index >= 15 is 0 Å². The highest BCUT2D eigenvalue weighted by atomic mass is 16.4. The maximum Gasteiger partial charge on any atom is 0.338 e. The number of benzene rings is 1. The highest BCUT2D eigenvalue weighted by molar-refractivity contribution is 5.98. The second kappa shape index (κ2) is 7.40. The molecule has 0 spiro atoms. The fourth-order valence-electron chi connectivity index (χ4n) is 3.73. The molecule has 3 N–H and O–H groups in total. The van der Waals surface area contributed by atoms with Crippen LogP contribution in [0.2, 0.25) is 0 Å². The predicted octanol–water partition coefficient (Wildman–Crippen LogP) is 1.70. The lowest BCUT2D eigenvalue weighted by Crippen LogP contribution is -2.39. The number of hydrogen-bond acceptors (Lipinski definition) is 5. The van der Waals surface area contributed by atoms with Crippen LogP contribution in [0, 0.1) is 5.92 Å². The standard InChI is InChI=1S/C20H20N4O4/c25-18-7-12(10-24-11-15(9-22-24)20(27)28)6-17(18)23-19(26)14-3-4-16-13(8-14)2-1-5-21-16/h1-5,8-9,11-12,17-18,25H,6-7,10H2,(H,23,26)(H,27,28)/t12?,17-,18-/m1/s1. The van der Waals surface area contributed by atoms with E-state index in [1.165, 1.54) is 12.4 Å². The number of nitrogens with zero attached hydrogens (tertiary/aromatic N) is 3. The van der Waals surface area contributed by atoms with E-state index in [0.717, 1.165) is 10.9 Å². The van der Waals surface area contributed by atoms with Gasteiger partial charge in [-0.15, -0.1) is 0 Å². The zero-order valence-corrected chi connectivity index (χ0v) is 15.0. The Balaban J connectivity index is 1.40. The van der Waals surface area contributed by atoms with Gasteiger partial charge < -0.3 is 15.5 Å². The molecule has 0 saturated heterocycles. The molecular formula is C20H20N4O4. The van der Waals surface area contributed by atoms with Crippen molar-refractivity contribution < 1.29 is 19.8 Å². The lowest BCUT2D eigenvalue weighted by Gasteiger charge is -2.16. The molecule has 1 aromatic carbocycles. The summed E-state index contributed by atoms with van der Waals surface area (Å²) in [5.74, 6) is -1.15. The van der Waals surface area contributed by atoms with Crippen molar-refractivity contribution in [3.63, 3.8) is 0 Å². The topological polar surface area (TPSA) is 117 Å². The molecule has 3 aromatic rings. The number of pyridine rings is 1. The van der Waals surface area contributed by atoms with E-state index in [0.29, 0.717) is 24.9 Å². The van der Waals surface area contributed by atoms with Crippen molar-refractivity contribution in [3.8, 4) is 0 Å². The number of rotatable bonds is 5. The lowest BCUT2D eigenvalue weighted by molar-refractivity contribution is 0.0696. The summed E-state index contributed by atoms with van der Waals surface area (Å²) in [5, 5.41) is 27.2. The maximum atomic E-state index is 12.6. The third-order valence-electron chi connectivity index (χ3n) is 5.13. The van der Waals surface area contributed by atoms with Gasteiger partial charge in [0.25, 0.3) is 5.91 Å².